The largest absolute Gasteiger partial charge is 0.271 e. The van der Waals surface area contributed by atoms with Gasteiger partial charge in [-0.1, -0.05) is 26.0 Å². The molecule has 0 saturated carbocycles. The normalized spacial score (nSPS) is 11.2. The van der Waals surface area contributed by atoms with E-state index in [1.54, 1.807) is 6.07 Å². The van der Waals surface area contributed by atoms with Gasteiger partial charge in [-0.3, -0.25) is 4.68 Å². The zero-order valence-corrected chi connectivity index (χ0v) is 11.6. The zero-order chi connectivity index (χ0) is 12.6. The average Bonchev–Trinajstić information content (AvgIpc) is 2.54. The number of rotatable bonds is 2. The van der Waals surface area contributed by atoms with Crippen LogP contribution in [-0.4, -0.2) is 9.78 Å². The fourth-order valence-corrected chi connectivity index (χ4v) is 2.98. The molecule has 17 heavy (non-hydrogen) atoms. The molecule has 1 aromatic heterocycles. The van der Waals surface area contributed by atoms with Crippen LogP contribution in [0.4, 0.5) is 4.39 Å². The summed E-state index contributed by atoms with van der Waals surface area (Å²) in [5, 5.41) is 4.45. The Balaban J connectivity index is 2.58. The highest BCUT2D eigenvalue weighted by Crippen LogP contribution is 2.33. The van der Waals surface area contributed by atoms with Gasteiger partial charge in [0.05, 0.1) is 10.2 Å². The molecule has 0 bridgehead atoms. The molecule has 0 aliphatic heterocycles. The van der Waals surface area contributed by atoms with Gasteiger partial charge in [0.25, 0.3) is 0 Å². The van der Waals surface area contributed by atoms with E-state index in [2.05, 4.69) is 34.9 Å². The van der Waals surface area contributed by atoms with Crippen molar-refractivity contribution in [1.29, 1.82) is 0 Å². The van der Waals surface area contributed by atoms with Crippen molar-refractivity contribution < 1.29 is 4.39 Å². The second-order valence-electron chi connectivity index (χ2n) is 4.34. The first kappa shape index (κ1) is 12.3. The third-order valence-electron chi connectivity index (χ3n) is 2.68. The predicted molar refractivity (Wildman–Crippen MR) is 70.4 cm³/mol. The molecule has 0 radical (unpaired) electrons. The Kier molecular flexibility index (Phi) is 3.33. The molecule has 0 fully saturated rings. The standard InChI is InChI=1S/C13H14BrFN2/c1-8(2)13-11(14)12(16-17(13)3)9-5-4-6-10(15)7-9/h4-8H,1-3H3. The van der Waals surface area contributed by atoms with Crippen molar-refractivity contribution in [3.05, 3.63) is 40.2 Å². The van der Waals surface area contributed by atoms with Crippen LogP contribution in [0.25, 0.3) is 11.3 Å². The summed E-state index contributed by atoms with van der Waals surface area (Å²) in [7, 11) is 1.91. The fourth-order valence-electron chi connectivity index (χ4n) is 1.96. The second kappa shape index (κ2) is 4.61. The van der Waals surface area contributed by atoms with Crippen LogP contribution in [0, 0.1) is 5.82 Å². The van der Waals surface area contributed by atoms with E-state index in [-0.39, 0.29) is 5.82 Å². The number of nitrogens with zero attached hydrogens (tertiary/aromatic N) is 2. The molecule has 1 heterocycles. The Labute approximate surface area is 109 Å². The molecular formula is C13H14BrFN2. The van der Waals surface area contributed by atoms with Crippen LogP contribution in [-0.2, 0) is 7.05 Å². The Bertz CT molecular complexity index is 546. The van der Waals surface area contributed by atoms with E-state index < -0.39 is 0 Å². The Morgan fingerprint density at radius 3 is 2.59 bits per heavy atom. The first-order valence-electron chi connectivity index (χ1n) is 5.49. The van der Waals surface area contributed by atoms with E-state index in [1.165, 1.54) is 12.1 Å². The molecule has 0 unspecified atom stereocenters. The molecule has 0 aliphatic carbocycles. The van der Waals surface area contributed by atoms with E-state index >= 15 is 0 Å². The molecule has 0 atom stereocenters. The van der Waals surface area contributed by atoms with Crippen molar-refractivity contribution in [3.8, 4) is 11.3 Å². The van der Waals surface area contributed by atoms with Gasteiger partial charge in [-0.2, -0.15) is 5.10 Å². The molecule has 4 heteroatoms. The fraction of sp³-hybridized carbons (Fsp3) is 0.308. The molecule has 0 saturated heterocycles. The molecule has 90 valence electrons. The van der Waals surface area contributed by atoms with E-state index in [9.17, 15) is 4.39 Å². The van der Waals surface area contributed by atoms with Crippen LogP contribution in [0.3, 0.4) is 0 Å². The van der Waals surface area contributed by atoms with E-state index in [0.29, 0.717) is 5.92 Å². The molecule has 1 aromatic carbocycles. The lowest BCUT2D eigenvalue weighted by molar-refractivity contribution is 0.628. The van der Waals surface area contributed by atoms with Crippen molar-refractivity contribution >= 4 is 15.9 Å². The Hall–Kier alpha value is -1.16. The number of hydrogen-bond donors (Lipinski definition) is 0. The average molecular weight is 297 g/mol. The summed E-state index contributed by atoms with van der Waals surface area (Å²) >= 11 is 3.56. The lowest BCUT2D eigenvalue weighted by Crippen LogP contribution is -1.99. The van der Waals surface area contributed by atoms with Crippen molar-refractivity contribution in [3.63, 3.8) is 0 Å². The van der Waals surface area contributed by atoms with Gasteiger partial charge in [0.2, 0.25) is 0 Å². The SMILES string of the molecule is CC(C)c1c(Br)c(-c2cccc(F)c2)nn1C. The smallest absolute Gasteiger partial charge is 0.123 e. The number of hydrogen-bond acceptors (Lipinski definition) is 1. The second-order valence-corrected chi connectivity index (χ2v) is 5.13. The van der Waals surface area contributed by atoms with Gasteiger partial charge in [0, 0.05) is 12.6 Å². The highest BCUT2D eigenvalue weighted by molar-refractivity contribution is 9.10. The number of benzene rings is 1. The lowest BCUT2D eigenvalue weighted by atomic mass is 10.1. The van der Waals surface area contributed by atoms with Crippen molar-refractivity contribution in [1.82, 2.24) is 9.78 Å². The van der Waals surface area contributed by atoms with Crippen LogP contribution >= 0.6 is 15.9 Å². The van der Waals surface area contributed by atoms with E-state index in [0.717, 1.165) is 21.4 Å². The van der Waals surface area contributed by atoms with Crippen LogP contribution < -0.4 is 0 Å². The molecule has 0 aliphatic rings. The van der Waals surface area contributed by atoms with Crippen molar-refractivity contribution in [2.45, 2.75) is 19.8 Å². The van der Waals surface area contributed by atoms with Crippen molar-refractivity contribution in [2.24, 2.45) is 7.05 Å². The van der Waals surface area contributed by atoms with Gasteiger partial charge in [-0.25, -0.2) is 4.39 Å². The number of aromatic nitrogens is 2. The van der Waals surface area contributed by atoms with Crippen LogP contribution in [0.1, 0.15) is 25.5 Å². The molecular weight excluding hydrogens is 283 g/mol. The summed E-state index contributed by atoms with van der Waals surface area (Å²) in [6.45, 7) is 4.22. The zero-order valence-electron chi connectivity index (χ0n) is 10.0. The van der Waals surface area contributed by atoms with Crippen LogP contribution in [0.15, 0.2) is 28.7 Å². The van der Waals surface area contributed by atoms with Crippen molar-refractivity contribution in [2.75, 3.05) is 0 Å². The maximum atomic E-state index is 13.2. The maximum absolute atomic E-state index is 13.2. The quantitative estimate of drug-likeness (QED) is 0.815. The number of aryl methyl sites for hydroxylation is 1. The minimum atomic E-state index is -0.244. The molecule has 0 N–H and O–H groups in total. The first-order chi connectivity index (χ1) is 8.00. The maximum Gasteiger partial charge on any atom is 0.123 e. The molecule has 2 nitrogen and oxygen atoms in total. The molecule has 0 amide bonds. The van der Waals surface area contributed by atoms with Gasteiger partial charge in [-0.15, -0.1) is 0 Å². The predicted octanol–water partition coefficient (Wildman–Crippen LogP) is 4.11. The summed E-state index contributed by atoms with van der Waals surface area (Å²) in [4.78, 5) is 0. The minimum absolute atomic E-state index is 0.244. The van der Waals surface area contributed by atoms with Crippen LogP contribution in [0.5, 0.6) is 0 Å². The van der Waals surface area contributed by atoms with Gasteiger partial charge >= 0.3 is 0 Å². The number of halogens is 2. The van der Waals surface area contributed by atoms with Gasteiger partial charge in [0.1, 0.15) is 11.5 Å². The molecule has 2 rings (SSSR count). The monoisotopic (exact) mass is 296 g/mol. The Morgan fingerprint density at radius 2 is 2.06 bits per heavy atom. The lowest BCUT2D eigenvalue weighted by Gasteiger charge is -2.05. The summed E-state index contributed by atoms with van der Waals surface area (Å²) in [5.74, 6) is 0.121. The summed E-state index contributed by atoms with van der Waals surface area (Å²) < 4.78 is 16.0. The third kappa shape index (κ3) is 2.27. The van der Waals surface area contributed by atoms with Crippen LogP contribution in [0.2, 0.25) is 0 Å². The van der Waals surface area contributed by atoms with E-state index in [4.69, 9.17) is 0 Å². The third-order valence-corrected chi connectivity index (χ3v) is 3.46. The summed E-state index contributed by atoms with van der Waals surface area (Å²) in [5.41, 5.74) is 2.69. The minimum Gasteiger partial charge on any atom is -0.271 e. The highest BCUT2D eigenvalue weighted by Gasteiger charge is 2.17. The van der Waals surface area contributed by atoms with Gasteiger partial charge < -0.3 is 0 Å². The first-order valence-corrected chi connectivity index (χ1v) is 6.28. The Morgan fingerprint density at radius 1 is 1.35 bits per heavy atom. The van der Waals surface area contributed by atoms with Gasteiger partial charge in [-0.05, 0) is 34.0 Å². The van der Waals surface area contributed by atoms with E-state index in [1.807, 2.05) is 17.8 Å². The summed E-state index contributed by atoms with van der Waals surface area (Å²) in [6.07, 6.45) is 0. The molecule has 2 aromatic rings. The topological polar surface area (TPSA) is 17.8 Å². The highest BCUT2D eigenvalue weighted by atomic mass is 79.9. The summed E-state index contributed by atoms with van der Waals surface area (Å²) in [6, 6.07) is 6.49. The molecule has 0 spiro atoms. The van der Waals surface area contributed by atoms with Gasteiger partial charge in [0.15, 0.2) is 0 Å².